The van der Waals surface area contributed by atoms with Crippen LogP contribution in [0.4, 0.5) is 13.2 Å². The van der Waals surface area contributed by atoms with Gasteiger partial charge in [-0.15, -0.1) is 0 Å². The average molecular weight is 350 g/mol. The Balaban J connectivity index is 2.17. The van der Waals surface area contributed by atoms with E-state index in [1.807, 2.05) is 0 Å². The second-order valence-corrected chi connectivity index (χ2v) is 5.19. The van der Waals surface area contributed by atoms with Crippen molar-refractivity contribution in [2.75, 3.05) is 14.2 Å². The summed E-state index contributed by atoms with van der Waals surface area (Å²) in [5.41, 5.74) is 0.565. The van der Waals surface area contributed by atoms with Crippen LogP contribution in [0, 0.1) is 0 Å². The number of hydrogen-bond acceptors (Lipinski definition) is 4. The fraction of sp³-hybridized carbons (Fsp3) is 0.176. The van der Waals surface area contributed by atoms with E-state index in [4.69, 9.17) is 4.74 Å². The van der Waals surface area contributed by atoms with Gasteiger partial charge < -0.3 is 9.47 Å². The maximum absolute atomic E-state index is 13.0. The molecular formula is C17H13F3N2O3. The van der Waals surface area contributed by atoms with Crippen molar-refractivity contribution in [1.29, 1.82) is 0 Å². The van der Waals surface area contributed by atoms with E-state index in [0.29, 0.717) is 16.9 Å². The molecule has 0 fully saturated rings. The molecule has 0 aliphatic carbocycles. The third-order valence-electron chi connectivity index (χ3n) is 3.74. The van der Waals surface area contributed by atoms with Crippen molar-refractivity contribution in [3.63, 3.8) is 0 Å². The summed E-state index contributed by atoms with van der Waals surface area (Å²) < 4.78 is 50.5. The van der Waals surface area contributed by atoms with Crippen LogP contribution in [0.2, 0.25) is 0 Å². The number of nitrogens with zero attached hydrogens (tertiary/aromatic N) is 2. The molecule has 5 nitrogen and oxygen atoms in total. The van der Waals surface area contributed by atoms with Gasteiger partial charge in [0, 0.05) is 11.8 Å². The normalized spacial score (nSPS) is 11.6. The molecule has 2 heterocycles. The zero-order valence-electron chi connectivity index (χ0n) is 13.3. The average Bonchev–Trinajstić information content (AvgIpc) is 3.02. The number of imidazole rings is 1. The molecule has 3 rings (SSSR count). The Morgan fingerprint density at radius 3 is 2.56 bits per heavy atom. The van der Waals surface area contributed by atoms with Gasteiger partial charge >= 0.3 is 12.1 Å². The standard InChI is InChI=1S/C17H13F3N2O3/c1-24-14-4-3-11(17(18,19)20)8-12(14)13-9-21-15-7-10(16(23)25-2)5-6-22(13)15/h3-9H,1-2H3. The van der Waals surface area contributed by atoms with Crippen LogP contribution in [-0.2, 0) is 10.9 Å². The van der Waals surface area contributed by atoms with Crippen LogP contribution in [0.25, 0.3) is 16.9 Å². The highest BCUT2D eigenvalue weighted by Crippen LogP contribution is 2.37. The van der Waals surface area contributed by atoms with Crippen molar-refractivity contribution < 1.29 is 27.4 Å². The number of benzene rings is 1. The van der Waals surface area contributed by atoms with Crippen molar-refractivity contribution in [3.8, 4) is 17.0 Å². The number of aromatic nitrogens is 2. The molecule has 0 saturated heterocycles. The number of esters is 1. The van der Waals surface area contributed by atoms with Crippen LogP contribution in [-0.4, -0.2) is 29.6 Å². The molecule has 0 bridgehead atoms. The van der Waals surface area contributed by atoms with E-state index in [0.717, 1.165) is 12.1 Å². The summed E-state index contributed by atoms with van der Waals surface area (Å²) in [6, 6.07) is 6.23. The first-order valence-corrected chi connectivity index (χ1v) is 7.16. The van der Waals surface area contributed by atoms with Crippen LogP contribution in [0.5, 0.6) is 5.75 Å². The molecular weight excluding hydrogens is 337 g/mol. The van der Waals surface area contributed by atoms with Gasteiger partial charge in [-0.25, -0.2) is 9.78 Å². The van der Waals surface area contributed by atoms with Gasteiger partial charge in [0.1, 0.15) is 11.4 Å². The number of methoxy groups -OCH3 is 2. The Kier molecular flexibility index (Phi) is 4.12. The molecule has 0 atom stereocenters. The minimum Gasteiger partial charge on any atom is -0.496 e. The second-order valence-electron chi connectivity index (χ2n) is 5.19. The number of pyridine rings is 1. The predicted molar refractivity (Wildman–Crippen MR) is 83.5 cm³/mol. The molecule has 0 spiro atoms. The van der Waals surface area contributed by atoms with Crippen LogP contribution in [0.3, 0.4) is 0 Å². The van der Waals surface area contributed by atoms with Crippen molar-refractivity contribution in [2.24, 2.45) is 0 Å². The zero-order valence-corrected chi connectivity index (χ0v) is 13.3. The maximum Gasteiger partial charge on any atom is 0.416 e. The zero-order chi connectivity index (χ0) is 18.2. The van der Waals surface area contributed by atoms with E-state index in [-0.39, 0.29) is 11.3 Å². The van der Waals surface area contributed by atoms with Crippen LogP contribution in [0.15, 0.2) is 42.7 Å². The van der Waals surface area contributed by atoms with Gasteiger partial charge in [0.25, 0.3) is 0 Å². The summed E-state index contributed by atoms with van der Waals surface area (Å²) in [5.74, 6) is -0.240. The molecule has 0 amide bonds. The summed E-state index contributed by atoms with van der Waals surface area (Å²) in [4.78, 5) is 15.7. The van der Waals surface area contributed by atoms with Crippen LogP contribution < -0.4 is 4.74 Å². The second kappa shape index (κ2) is 6.12. The van der Waals surface area contributed by atoms with Gasteiger partial charge in [-0.2, -0.15) is 13.2 Å². The number of fused-ring (bicyclic) bond motifs is 1. The molecule has 0 saturated carbocycles. The number of alkyl halides is 3. The molecule has 0 radical (unpaired) electrons. The SMILES string of the molecule is COC(=O)c1ccn2c(-c3cc(C(F)(F)F)ccc3OC)cnc2c1. The summed E-state index contributed by atoms with van der Waals surface area (Å²) >= 11 is 0. The molecule has 8 heteroatoms. The Bertz CT molecular complexity index is 948. The predicted octanol–water partition coefficient (Wildman–Crippen LogP) is 3.82. The van der Waals surface area contributed by atoms with Crippen molar-refractivity contribution >= 4 is 11.6 Å². The summed E-state index contributed by atoms with van der Waals surface area (Å²) in [7, 11) is 2.64. The number of carbonyl (C=O) groups excluding carboxylic acids is 1. The maximum atomic E-state index is 13.0. The monoisotopic (exact) mass is 350 g/mol. The van der Waals surface area contributed by atoms with Crippen molar-refractivity contribution in [2.45, 2.75) is 6.18 Å². The van der Waals surface area contributed by atoms with E-state index < -0.39 is 17.7 Å². The van der Waals surface area contributed by atoms with Crippen molar-refractivity contribution in [1.82, 2.24) is 9.38 Å². The largest absolute Gasteiger partial charge is 0.496 e. The number of halogens is 3. The van der Waals surface area contributed by atoms with Gasteiger partial charge in [-0.1, -0.05) is 0 Å². The van der Waals surface area contributed by atoms with Crippen LogP contribution >= 0.6 is 0 Å². The van der Waals surface area contributed by atoms with E-state index >= 15 is 0 Å². The molecule has 0 unspecified atom stereocenters. The smallest absolute Gasteiger partial charge is 0.416 e. The van der Waals surface area contributed by atoms with E-state index in [9.17, 15) is 18.0 Å². The van der Waals surface area contributed by atoms with Gasteiger partial charge in [-0.05, 0) is 30.3 Å². The lowest BCUT2D eigenvalue weighted by atomic mass is 10.1. The minimum absolute atomic E-state index is 0.246. The fourth-order valence-electron chi connectivity index (χ4n) is 2.51. The summed E-state index contributed by atoms with van der Waals surface area (Å²) in [6.07, 6.45) is -1.50. The Morgan fingerprint density at radius 2 is 1.92 bits per heavy atom. The third-order valence-corrected chi connectivity index (χ3v) is 3.74. The first-order chi connectivity index (χ1) is 11.8. The third kappa shape index (κ3) is 3.02. The van der Waals surface area contributed by atoms with Crippen LogP contribution in [0.1, 0.15) is 15.9 Å². The number of rotatable bonds is 3. The Hall–Kier alpha value is -3.03. The first kappa shape index (κ1) is 16.8. The van der Waals surface area contributed by atoms with Gasteiger partial charge in [0.2, 0.25) is 0 Å². The van der Waals surface area contributed by atoms with Crippen molar-refractivity contribution in [3.05, 3.63) is 53.9 Å². The lowest BCUT2D eigenvalue weighted by Crippen LogP contribution is -2.06. The molecule has 130 valence electrons. The molecule has 2 aromatic heterocycles. The van der Waals surface area contributed by atoms with Gasteiger partial charge in [0.05, 0.1) is 37.2 Å². The summed E-state index contributed by atoms with van der Waals surface area (Å²) in [6.45, 7) is 0. The number of ether oxygens (including phenoxy) is 2. The van der Waals surface area contributed by atoms with E-state index in [1.54, 1.807) is 10.6 Å². The molecule has 0 N–H and O–H groups in total. The highest BCUT2D eigenvalue weighted by molar-refractivity contribution is 5.90. The van der Waals surface area contributed by atoms with E-state index in [2.05, 4.69) is 9.72 Å². The fourth-order valence-corrected chi connectivity index (χ4v) is 2.51. The Morgan fingerprint density at radius 1 is 1.16 bits per heavy atom. The number of carbonyl (C=O) groups is 1. The first-order valence-electron chi connectivity index (χ1n) is 7.16. The lowest BCUT2D eigenvalue weighted by molar-refractivity contribution is -0.137. The molecule has 1 aromatic carbocycles. The summed E-state index contributed by atoms with van der Waals surface area (Å²) in [5, 5.41) is 0. The van der Waals surface area contributed by atoms with Gasteiger partial charge in [-0.3, -0.25) is 4.40 Å². The van der Waals surface area contributed by atoms with Gasteiger partial charge in [0.15, 0.2) is 0 Å². The minimum atomic E-state index is -4.47. The molecule has 25 heavy (non-hydrogen) atoms. The highest BCUT2D eigenvalue weighted by atomic mass is 19.4. The topological polar surface area (TPSA) is 52.8 Å². The highest BCUT2D eigenvalue weighted by Gasteiger charge is 2.31. The van der Waals surface area contributed by atoms with E-state index in [1.165, 1.54) is 38.6 Å². The lowest BCUT2D eigenvalue weighted by Gasteiger charge is -2.12. The molecule has 0 aliphatic rings. The molecule has 3 aromatic rings. The number of hydrogen-bond donors (Lipinski definition) is 0. The Labute approximate surface area is 140 Å². The molecule has 0 aliphatic heterocycles. The quantitative estimate of drug-likeness (QED) is 0.674.